The number of nitrogens with one attached hydrogen (secondary N) is 1. The Morgan fingerprint density at radius 2 is 1.65 bits per heavy atom. The third-order valence-corrected chi connectivity index (χ3v) is 3.76. The Bertz CT molecular complexity index is 671. The maximum absolute atomic E-state index is 12.3. The number of hydrogen-bond donors (Lipinski definition) is 1. The molecule has 1 amide bonds. The van der Waals surface area contributed by atoms with Crippen LogP contribution in [-0.4, -0.2) is 5.91 Å². The van der Waals surface area contributed by atoms with Crippen LogP contribution in [-0.2, 0) is 6.42 Å². The molecule has 0 fully saturated rings. The molecule has 0 spiro atoms. The van der Waals surface area contributed by atoms with Crippen molar-refractivity contribution in [1.82, 2.24) is 5.32 Å². The minimum Gasteiger partial charge on any atom is -0.321 e. The van der Waals surface area contributed by atoms with Crippen LogP contribution in [0.1, 0.15) is 34.8 Å². The zero-order valence-corrected chi connectivity index (χ0v) is 11.5. The van der Waals surface area contributed by atoms with E-state index in [0.29, 0.717) is 5.56 Å². The highest BCUT2D eigenvalue weighted by molar-refractivity contribution is 6.00. The van der Waals surface area contributed by atoms with Crippen LogP contribution >= 0.6 is 0 Å². The van der Waals surface area contributed by atoms with E-state index in [1.165, 1.54) is 11.1 Å². The minimum absolute atomic E-state index is 0.0448. The van der Waals surface area contributed by atoms with Crippen molar-refractivity contribution in [2.75, 3.05) is 0 Å². The Labute approximate surface area is 119 Å². The third kappa shape index (κ3) is 2.37. The molecule has 1 aliphatic rings. The molecule has 20 heavy (non-hydrogen) atoms. The lowest BCUT2D eigenvalue weighted by Crippen LogP contribution is -2.25. The van der Waals surface area contributed by atoms with Crippen molar-refractivity contribution in [3.05, 3.63) is 76.9 Å². The average molecular weight is 263 g/mol. The van der Waals surface area contributed by atoms with Crippen molar-refractivity contribution in [2.24, 2.45) is 0 Å². The van der Waals surface area contributed by atoms with Crippen LogP contribution in [0.15, 0.2) is 60.2 Å². The maximum Gasteiger partial charge on any atom is 0.255 e. The summed E-state index contributed by atoms with van der Waals surface area (Å²) in [6.45, 7) is 2.09. The molecular formula is C18H17NO. The van der Waals surface area contributed by atoms with Crippen molar-refractivity contribution in [1.29, 1.82) is 0 Å². The molecule has 0 heterocycles. The van der Waals surface area contributed by atoms with Gasteiger partial charge < -0.3 is 5.32 Å². The fourth-order valence-electron chi connectivity index (χ4n) is 2.61. The predicted octanol–water partition coefficient (Wildman–Crippen LogP) is 3.79. The molecule has 100 valence electrons. The molecule has 0 unspecified atom stereocenters. The van der Waals surface area contributed by atoms with E-state index in [1.54, 1.807) is 0 Å². The van der Waals surface area contributed by atoms with Crippen LogP contribution in [0.3, 0.4) is 0 Å². The van der Waals surface area contributed by atoms with Gasteiger partial charge in [0.15, 0.2) is 0 Å². The summed E-state index contributed by atoms with van der Waals surface area (Å²) in [6.07, 6.45) is 2.05. The molecule has 0 radical (unpaired) electrons. The van der Waals surface area contributed by atoms with E-state index in [0.717, 1.165) is 24.1 Å². The molecule has 0 aliphatic heterocycles. The smallest absolute Gasteiger partial charge is 0.255 e. The van der Waals surface area contributed by atoms with Gasteiger partial charge in [0.05, 0.1) is 0 Å². The van der Waals surface area contributed by atoms with E-state index in [9.17, 15) is 4.79 Å². The topological polar surface area (TPSA) is 29.1 Å². The Morgan fingerprint density at radius 3 is 2.45 bits per heavy atom. The highest BCUT2D eigenvalue weighted by Gasteiger charge is 2.18. The number of rotatable bonds is 2. The number of aryl methyl sites for hydroxylation is 1. The molecule has 2 heteroatoms. The SMILES string of the molecule is CC1=C(NC(=O)c2ccccc2)c2ccccc2CC1. The average Bonchev–Trinajstić information content (AvgIpc) is 2.51. The Balaban J connectivity index is 1.92. The summed E-state index contributed by atoms with van der Waals surface area (Å²) in [6, 6.07) is 17.6. The quantitative estimate of drug-likeness (QED) is 0.877. The number of carbonyl (C=O) groups is 1. The van der Waals surface area contributed by atoms with Gasteiger partial charge >= 0.3 is 0 Å². The lowest BCUT2D eigenvalue weighted by atomic mass is 9.90. The molecule has 2 nitrogen and oxygen atoms in total. The number of allylic oxidation sites excluding steroid dienone is 1. The van der Waals surface area contributed by atoms with Gasteiger partial charge in [-0.25, -0.2) is 0 Å². The van der Waals surface area contributed by atoms with E-state index in [-0.39, 0.29) is 5.91 Å². The number of hydrogen-bond acceptors (Lipinski definition) is 1. The third-order valence-electron chi connectivity index (χ3n) is 3.76. The standard InChI is InChI=1S/C18H17NO/c1-13-11-12-14-7-5-6-10-16(14)17(13)19-18(20)15-8-3-2-4-9-15/h2-10H,11-12H2,1H3,(H,19,20). The summed E-state index contributed by atoms with van der Waals surface area (Å²) in [7, 11) is 0. The monoisotopic (exact) mass is 263 g/mol. The Morgan fingerprint density at radius 1 is 0.950 bits per heavy atom. The maximum atomic E-state index is 12.3. The number of benzene rings is 2. The molecule has 2 aromatic rings. The normalized spacial score (nSPS) is 13.8. The molecule has 0 saturated heterocycles. The van der Waals surface area contributed by atoms with E-state index < -0.39 is 0 Å². The molecule has 0 bridgehead atoms. The van der Waals surface area contributed by atoms with Gasteiger partial charge in [-0.05, 0) is 43.0 Å². The van der Waals surface area contributed by atoms with Gasteiger partial charge in [0, 0.05) is 16.8 Å². The van der Waals surface area contributed by atoms with Crippen LogP contribution in [0.4, 0.5) is 0 Å². The van der Waals surface area contributed by atoms with Crippen molar-refractivity contribution in [2.45, 2.75) is 19.8 Å². The van der Waals surface area contributed by atoms with E-state index in [2.05, 4.69) is 30.4 Å². The molecule has 0 atom stereocenters. The Hall–Kier alpha value is -2.35. The highest BCUT2D eigenvalue weighted by atomic mass is 16.1. The second kappa shape index (κ2) is 5.33. The summed E-state index contributed by atoms with van der Waals surface area (Å²) in [4.78, 5) is 12.3. The van der Waals surface area contributed by atoms with Crippen molar-refractivity contribution >= 4 is 11.6 Å². The highest BCUT2D eigenvalue weighted by Crippen LogP contribution is 2.29. The number of fused-ring (bicyclic) bond motifs is 1. The van der Waals surface area contributed by atoms with Crippen LogP contribution in [0.5, 0.6) is 0 Å². The van der Waals surface area contributed by atoms with E-state index in [4.69, 9.17) is 0 Å². The van der Waals surface area contributed by atoms with Crippen LogP contribution in [0.25, 0.3) is 5.70 Å². The second-order valence-corrected chi connectivity index (χ2v) is 5.13. The first-order valence-electron chi connectivity index (χ1n) is 6.90. The van der Waals surface area contributed by atoms with Crippen LogP contribution in [0, 0.1) is 0 Å². The van der Waals surface area contributed by atoms with Crippen molar-refractivity contribution in [3.63, 3.8) is 0 Å². The fraction of sp³-hybridized carbons (Fsp3) is 0.167. The largest absolute Gasteiger partial charge is 0.321 e. The lowest BCUT2D eigenvalue weighted by molar-refractivity contribution is 0.0973. The van der Waals surface area contributed by atoms with Gasteiger partial charge in [-0.15, -0.1) is 0 Å². The van der Waals surface area contributed by atoms with Gasteiger partial charge in [-0.3, -0.25) is 4.79 Å². The predicted molar refractivity (Wildman–Crippen MR) is 81.3 cm³/mol. The fourth-order valence-corrected chi connectivity index (χ4v) is 2.61. The summed E-state index contributed by atoms with van der Waals surface area (Å²) < 4.78 is 0. The van der Waals surface area contributed by atoms with Gasteiger partial charge in [0.2, 0.25) is 0 Å². The van der Waals surface area contributed by atoms with E-state index >= 15 is 0 Å². The minimum atomic E-state index is -0.0448. The van der Waals surface area contributed by atoms with Gasteiger partial charge in [-0.1, -0.05) is 42.5 Å². The molecule has 0 saturated carbocycles. The molecule has 2 aromatic carbocycles. The van der Waals surface area contributed by atoms with E-state index in [1.807, 2.05) is 36.4 Å². The van der Waals surface area contributed by atoms with Gasteiger partial charge in [0.25, 0.3) is 5.91 Å². The van der Waals surface area contributed by atoms with Gasteiger partial charge in [0.1, 0.15) is 0 Å². The summed E-state index contributed by atoms with van der Waals surface area (Å²) >= 11 is 0. The van der Waals surface area contributed by atoms with Crippen LogP contribution < -0.4 is 5.32 Å². The first-order chi connectivity index (χ1) is 9.75. The summed E-state index contributed by atoms with van der Waals surface area (Å²) in [5.74, 6) is -0.0448. The molecule has 1 N–H and O–H groups in total. The molecule has 3 rings (SSSR count). The lowest BCUT2D eigenvalue weighted by Gasteiger charge is -2.22. The summed E-state index contributed by atoms with van der Waals surface area (Å²) in [5.41, 5.74) is 5.37. The Kier molecular flexibility index (Phi) is 3.38. The second-order valence-electron chi connectivity index (χ2n) is 5.13. The molecule has 1 aliphatic carbocycles. The number of amides is 1. The zero-order valence-electron chi connectivity index (χ0n) is 11.5. The molecule has 0 aromatic heterocycles. The van der Waals surface area contributed by atoms with Crippen molar-refractivity contribution < 1.29 is 4.79 Å². The number of carbonyl (C=O) groups excluding carboxylic acids is 1. The zero-order chi connectivity index (χ0) is 13.9. The summed E-state index contributed by atoms with van der Waals surface area (Å²) in [5, 5.41) is 3.08. The van der Waals surface area contributed by atoms with Crippen LogP contribution in [0.2, 0.25) is 0 Å². The van der Waals surface area contributed by atoms with Crippen molar-refractivity contribution in [3.8, 4) is 0 Å². The molecular weight excluding hydrogens is 246 g/mol. The van der Waals surface area contributed by atoms with Gasteiger partial charge in [-0.2, -0.15) is 0 Å². The first kappa shape index (κ1) is 12.7. The first-order valence-corrected chi connectivity index (χ1v) is 6.90.